The molecule has 0 saturated carbocycles. The molecular formula is C32H34N4O2. The highest BCUT2D eigenvalue weighted by Crippen LogP contribution is 2.37. The van der Waals surface area contributed by atoms with E-state index in [-0.39, 0.29) is 17.7 Å². The first kappa shape index (κ1) is 24.7. The minimum Gasteiger partial charge on any atom is -0.325 e. The van der Waals surface area contributed by atoms with Gasteiger partial charge in [0.05, 0.1) is 17.4 Å². The number of benzene rings is 3. The molecule has 0 aliphatic carbocycles. The van der Waals surface area contributed by atoms with E-state index in [2.05, 4.69) is 27.7 Å². The zero-order chi connectivity index (χ0) is 25.9. The number of amides is 1. The summed E-state index contributed by atoms with van der Waals surface area (Å²) in [6.07, 6.45) is 5.75. The number of likely N-dealkylation sites (tertiary alicyclic amines) is 1. The molecule has 2 fully saturated rings. The molecule has 0 bridgehead atoms. The maximum absolute atomic E-state index is 13.4. The number of nitrogens with one attached hydrogen (secondary N) is 2. The number of aliphatic imine (C=N–C) groups is 1. The van der Waals surface area contributed by atoms with Crippen molar-refractivity contribution in [3.63, 3.8) is 0 Å². The van der Waals surface area contributed by atoms with Gasteiger partial charge in [-0.3, -0.25) is 19.5 Å². The van der Waals surface area contributed by atoms with Crippen LogP contribution in [0, 0.1) is 0 Å². The second-order valence-corrected chi connectivity index (χ2v) is 10.6. The molecule has 38 heavy (non-hydrogen) atoms. The number of rotatable bonds is 7. The van der Waals surface area contributed by atoms with Gasteiger partial charge < -0.3 is 10.6 Å². The molecule has 3 aromatic rings. The number of fused-ring (bicyclic) bond motifs is 1. The number of hydrogen-bond acceptors (Lipinski definition) is 5. The minimum absolute atomic E-state index is 0.0876. The van der Waals surface area contributed by atoms with Crippen molar-refractivity contribution in [1.82, 2.24) is 10.2 Å². The van der Waals surface area contributed by atoms with E-state index in [0.717, 1.165) is 42.7 Å². The van der Waals surface area contributed by atoms with Gasteiger partial charge in [0.15, 0.2) is 5.78 Å². The molecule has 2 N–H and O–H groups in total. The van der Waals surface area contributed by atoms with Gasteiger partial charge in [-0.2, -0.15) is 0 Å². The van der Waals surface area contributed by atoms with Gasteiger partial charge in [0, 0.05) is 17.8 Å². The van der Waals surface area contributed by atoms with E-state index < -0.39 is 5.92 Å². The Morgan fingerprint density at radius 2 is 1.68 bits per heavy atom. The highest BCUT2D eigenvalue weighted by Gasteiger charge is 2.36. The Kier molecular flexibility index (Phi) is 7.16. The van der Waals surface area contributed by atoms with E-state index in [1.165, 1.54) is 37.9 Å². The molecule has 0 radical (unpaired) electrons. The van der Waals surface area contributed by atoms with Crippen LogP contribution in [0.15, 0.2) is 77.8 Å². The summed E-state index contributed by atoms with van der Waals surface area (Å²) in [6.45, 7) is 4.17. The lowest BCUT2D eigenvalue weighted by molar-refractivity contribution is -0.115. The van der Waals surface area contributed by atoms with Crippen LogP contribution >= 0.6 is 0 Å². The van der Waals surface area contributed by atoms with Crippen LogP contribution in [0.2, 0.25) is 0 Å². The van der Waals surface area contributed by atoms with Gasteiger partial charge in [0.2, 0.25) is 5.91 Å². The summed E-state index contributed by atoms with van der Waals surface area (Å²) >= 11 is 0. The first-order valence-electron chi connectivity index (χ1n) is 13.8. The van der Waals surface area contributed by atoms with Crippen molar-refractivity contribution < 1.29 is 9.59 Å². The van der Waals surface area contributed by atoms with Gasteiger partial charge in [0.25, 0.3) is 0 Å². The van der Waals surface area contributed by atoms with Crippen LogP contribution in [0.3, 0.4) is 0 Å². The van der Waals surface area contributed by atoms with Crippen molar-refractivity contribution in [3.8, 4) is 0 Å². The Bertz CT molecular complexity index is 1340. The van der Waals surface area contributed by atoms with Crippen LogP contribution < -0.4 is 10.6 Å². The highest BCUT2D eigenvalue weighted by molar-refractivity contribution is 6.24. The van der Waals surface area contributed by atoms with Crippen molar-refractivity contribution in [2.75, 3.05) is 25.0 Å². The molecular weight excluding hydrogens is 472 g/mol. The molecule has 0 spiro atoms. The third-order valence-corrected chi connectivity index (χ3v) is 7.93. The van der Waals surface area contributed by atoms with Crippen LogP contribution in [-0.4, -0.2) is 48.0 Å². The molecule has 2 saturated heterocycles. The predicted molar refractivity (Wildman–Crippen MR) is 151 cm³/mol. The van der Waals surface area contributed by atoms with Crippen LogP contribution in [0.5, 0.6) is 0 Å². The van der Waals surface area contributed by atoms with E-state index in [0.29, 0.717) is 17.0 Å². The number of hydrogen-bond donors (Lipinski definition) is 2. The lowest BCUT2D eigenvalue weighted by atomic mass is 9.89. The molecule has 2 atom stereocenters. The summed E-state index contributed by atoms with van der Waals surface area (Å²) in [5, 5.41) is 6.30. The van der Waals surface area contributed by atoms with Crippen molar-refractivity contribution in [2.24, 2.45) is 4.99 Å². The van der Waals surface area contributed by atoms with E-state index >= 15 is 0 Å². The third-order valence-electron chi connectivity index (χ3n) is 7.93. The SMILES string of the molecule is O=C(c1ccc2c(c1)NC(=O)C2C(=Nc1ccc(CN2CCCCC2)cc1)c1ccccc1)C1CCCN1. The lowest BCUT2D eigenvalue weighted by Crippen LogP contribution is -2.30. The van der Waals surface area contributed by atoms with Crippen LogP contribution in [-0.2, 0) is 11.3 Å². The first-order valence-corrected chi connectivity index (χ1v) is 13.8. The van der Waals surface area contributed by atoms with Gasteiger partial charge in [-0.1, -0.05) is 61.0 Å². The molecule has 6 rings (SSSR count). The van der Waals surface area contributed by atoms with E-state index in [1.54, 1.807) is 0 Å². The Hall–Kier alpha value is -3.61. The van der Waals surface area contributed by atoms with E-state index in [9.17, 15) is 9.59 Å². The molecule has 2 unspecified atom stereocenters. The summed E-state index contributed by atoms with van der Waals surface area (Å²) < 4.78 is 0. The average Bonchev–Trinajstić information content (AvgIpc) is 3.61. The molecule has 0 aromatic heterocycles. The van der Waals surface area contributed by atoms with Crippen molar-refractivity contribution >= 4 is 28.8 Å². The van der Waals surface area contributed by atoms with Crippen molar-refractivity contribution in [2.45, 2.75) is 50.6 Å². The second kappa shape index (κ2) is 11.0. The largest absolute Gasteiger partial charge is 0.325 e. The van der Waals surface area contributed by atoms with Gasteiger partial charge in [0.1, 0.15) is 5.92 Å². The summed E-state index contributed by atoms with van der Waals surface area (Å²) in [5.41, 5.74) is 5.91. The quantitative estimate of drug-likeness (QED) is 0.330. The van der Waals surface area contributed by atoms with Gasteiger partial charge in [-0.15, -0.1) is 0 Å². The fraction of sp³-hybridized carbons (Fsp3) is 0.344. The molecule has 3 heterocycles. The van der Waals surface area contributed by atoms with Crippen molar-refractivity contribution in [1.29, 1.82) is 0 Å². The maximum Gasteiger partial charge on any atom is 0.238 e. The monoisotopic (exact) mass is 506 g/mol. The van der Waals surface area contributed by atoms with Gasteiger partial charge in [-0.25, -0.2) is 0 Å². The molecule has 3 aliphatic heterocycles. The summed E-state index contributed by atoms with van der Waals surface area (Å²) in [5.74, 6) is -0.577. The Morgan fingerprint density at radius 3 is 2.42 bits per heavy atom. The number of nitrogens with zero attached hydrogens (tertiary/aromatic N) is 2. The smallest absolute Gasteiger partial charge is 0.238 e. The van der Waals surface area contributed by atoms with Crippen LogP contribution in [0.4, 0.5) is 11.4 Å². The fourth-order valence-electron chi connectivity index (χ4n) is 5.89. The maximum atomic E-state index is 13.4. The number of anilines is 1. The molecule has 3 aromatic carbocycles. The standard InChI is InChI=1S/C32H34N4O2/c37-31(27-10-7-17-33-27)24-13-16-26-28(20-24)35-32(38)29(26)30(23-8-3-1-4-9-23)34-25-14-11-22(12-15-25)21-36-18-5-2-6-19-36/h1,3-4,8-9,11-16,20,27,29,33H,2,5-7,10,17-19,21H2,(H,35,38). The van der Waals surface area contributed by atoms with Crippen molar-refractivity contribution in [3.05, 3.63) is 95.1 Å². The van der Waals surface area contributed by atoms with E-state index in [1.807, 2.05) is 60.7 Å². The lowest BCUT2D eigenvalue weighted by Gasteiger charge is -2.26. The van der Waals surface area contributed by atoms with Gasteiger partial charge in [-0.05, 0) is 80.2 Å². The van der Waals surface area contributed by atoms with E-state index in [4.69, 9.17) is 4.99 Å². The highest BCUT2D eigenvalue weighted by atomic mass is 16.2. The molecule has 3 aliphatic rings. The minimum atomic E-state index is -0.547. The summed E-state index contributed by atoms with van der Waals surface area (Å²) in [7, 11) is 0. The zero-order valence-corrected chi connectivity index (χ0v) is 21.7. The number of ketones is 1. The number of carbonyl (C=O) groups excluding carboxylic acids is 2. The van der Waals surface area contributed by atoms with Gasteiger partial charge >= 0.3 is 0 Å². The third kappa shape index (κ3) is 5.19. The normalized spacial score (nSPS) is 21.8. The molecule has 6 heteroatoms. The molecule has 1 amide bonds. The average molecular weight is 507 g/mol. The Morgan fingerprint density at radius 1 is 0.895 bits per heavy atom. The first-order chi connectivity index (χ1) is 18.7. The Labute approximate surface area is 224 Å². The number of Topliss-reactive ketones (excluding diaryl/α,β-unsaturated/α-hetero) is 1. The molecule has 6 nitrogen and oxygen atoms in total. The number of piperidine rings is 1. The molecule has 194 valence electrons. The van der Waals surface area contributed by atoms with Crippen LogP contribution in [0.25, 0.3) is 0 Å². The zero-order valence-electron chi connectivity index (χ0n) is 21.7. The Balaban J connectivity index is 1.30. The second-order valence-electron chi connectivity index (χ2n) is 10.6. The summed E-state index contributed by atoms with van der Waals surface area (Å²) in [4.78, 5) is 33.9. The fourth-order valence-corrected chi connectivity index (χ4v) is 5.89. The topological polar surface area (TPSA) is 73.8 Å². The number of carbonyl (C=O) groups is 2. The summed E-state index contributed by atoms with van der Waals surface area (Å²) in [6, 6.07) is 23.7. The predicted octanol–water partition coefficient (Wildman–Crippen LogP) is 5.46. The van der Waals surface area contributed by atoms with Crippen LogP contribution in [0.1, 0.15) is 65.1 Å².